The fraction of sp³-hybridized carbons (Fsp3) is 0.167. The van der Waals surface area contributed by atoms with E-state index >= 15 is 0 Å². The standard InChI is InChI=1S/C24H21N3O2S/c28-18-6-3-5-17(15-18)26-10-12-27(13-11-26)24(29)20-16-22(23-9-4-14-30-23)25-21-8-2-1-7-19(20)21/h1-9,14-16,28H,10-13H2. The van der Waals surface area contributed by atoms with Crippen LogP contribution in [0.15, 0.2) is 72.1 Å². The van der Waals surface area contributed by atoms with Gasteiger partial charge in [-0.05, 0) is 35.7 Å². The van der Waals surface area contributed by atoms with Crippen molar-refractivity contribution < 1.29 is 9.90 Å². The van der Waals surface area contributed by atoms with E-state index in [4.69, 9.17) is 4.98 Å². The second-order valence-electron chi connectivity index (χ2n) is 7.35. The van der Waals surface area contributed by atoms with E-state index in [-0.39, 0.29) is 11.7 Å². The third kappa shape index (κ3) is 3.50. The number of phenolic OH excluding ortho intramolecular Hbond substituents is 1. The highest BCUT2D eigenvalue weighted by Crippen LogP contribution is 2.29. The van der Waals surface area contributed by atoms with Crippen LogP contribution < -0.4 is 4.90 Å². The number of phenols is 1. The van der Waals surface area contributed by atoms with Gasteiger partial charge in [-0.3, -0.25) is 4.79 Å². The molecule has 0 unspecified atom stereocenters. The van der Waals surface area contributed by atoms with Crippen molar-refractivity contribution in [3.8, 4) is 16.3 Å². The van der Waals surface area contributed by atoms with Crippen molar-refractivity contribution in [2.75, 3.05) is 31.1 Å². The molecule has 0 atom stereocenters. The van der Waals surface area contributed by atoms with Gasteiger partial charge in [-0.15, -0.1) is 11.3 Å². The van der Waals surface area contributed by atoms with Crippen LogP contribution in [-0.2, 0) is 0 Å². The lowest BCUT2D eigenvalue weighted by atomic mass is 10.1. The summed E-state index contributed by atoms with van der Waals surface area (Å²) in [5.41, 5.74) is 3.36. The van der Waals surface area contributed by atoms with E-state index in [0.29, 0.717) is 18.7 Å². The number of anilines is 1. The number of carbonyl (C=O) groups is 1. The first-order valence-electron chi connectivity index (χ1n) is 9.96. The van der Waals surface area contributed by atoms with E-state index in [0.717, 1.165) is 40.3 Å². The molecule has 30 heavy (non-hydrogen) atoms. The first kappa shape index (κ1) is 18.6. The average molecular weight is 416 g/mol. The topological polar surface area (TPSA) is 56.7 Å². The molecular formula is C24H21N3O2S. The number of nitrogens with zero attached hydrogens (tertiary/aromatic N) is 3. The van der Waals surface area contributed by atoms with Gasteiger partial charge in [-0.1, -0.05) is 30.3 Å². The van der Waals surface area contributed by atoms with E-state index in [1.54, 1.807) is 23.5 Å². The molecule has 4 aromatic rings. The van der Waals surface area contributed by atoms with Crippen molar-refractivity contribution >= 4 is 33.8 Å². The van der Waals surface area contributed by atoms with Crippen LogP contribution in [0.3, 0.4) is 0 Å². The predicted molar refractivity (Wildman–Crippen MR) is 121 cm³/mol. The summed E-state index contributed by atoms with van der Waals surface area (Å²) in [5, 5.41) is 12.7. The fourth-order valence-electron chi connectivity index (χ4n) is 3.93. The molecule has 1 N–H and O–H groups in total. The summed E-state index contributed by atoms with van der Waals surface area (Å²) in [7, 11) is 0. The Hall–Kier alpha value is -3.38. The molecule has 0 saturated carbocycles. The SMILES string of the molecule is O=C(c1cc(-c2cccs2)nc2ccccc12)N1CCN(c2cccc(O)c2)CC1. The largest absolute Gasteiger partial charge is 0.508 e. The zero-order chi connectivity index (χ0) is 20.5. The number of aromatic hydroxyl groups is 1. The molecule has 3 heterocycles. The van der Waals surface area contributed by atoms with Crippen LogP contribution in [0, 0.1) is 0 Å². The smallest absolute Gasteiger partial charge is 0.254 e. The summed E-state index contributed by atoms with van der Waals surface area (Å²) < 4.78 is 0. The van der Waals surface area contributed by atoms with Crippen LogP contribution in [0.2, 0.25) is 0 Å². The van der Waals surface area contributed by atoms with Crippen molar-refractivity contribution in [2.45, 2.75) is 0 Å². The molecule has 2 aromatic heterocycles. The van der Waals surface area contributed by atoms with Gasteiger partial charge >= 0.3 is 0 Å². The first-order chi connectivity index (χ1) is 14.7. The highest BCUT2D eigenvalue weighted by molar-refractivity contribution is 7.13. The molecule has 0 bridgehead atoms. The average Bonchev–Trinajstić information content (AvgIpc) is 3.33. The number of carbonyl (C=O) groups excluding carboxylic acids is 1. The highest BCUT2D eigenvalue weighted by atomic mass is 32.1. The van der Waals surface area contributed by atoms with Gasteiger partial charge in [-0.2, -0.15) is 0 Å². The molecule has 0 aliphatic carbocycles. The zero-order valence-corrected chi connectivity index (χ0v) is 17.2. The maximum atomic E-state index is 13.5. The number of piperazine rings is 1. The first-order valence-corrected chi connectivity index (χ1v) is 10.8. The van der Waals surface area contributed by atoms with Crippen LogP contribution in [0.1, 0.15) is 10.4 Å². The summed E-state index contributed by atoms with van der Waals surface area (Å²) in [6.45, 7) is 2.74. The minimum atomic E-state index is 0.0435. The summed E-state index contributed by atoms with van der Waals surface area (Å²) in [5.74, 6) is 0.303. The van der Waals surface area contributed by atoms with Crippen molar-refractivity contribution in [3.63, 3.8) is 0 Å². The Morgan fingerprint density at radius 3 is 2.53 bits per heavy atom. The summed E-state index contributed by atoms with van der Waals surface area (Å²) in [6.07, 6.45) is 0. The molecule has 1 saturated heterocycles. The molecular weight excluding hydrogens is 394 g/mol. The lowest BCUT2D eigenvalue weighted by Crippen LogP contribution is -2.48. The van der Waals surface area contributed by atoms with E-state index < -0.39 is 0 Å². The Balaban J connectivity index is 1.42. The Bertz CT molecular complexity index is 1200. The normalized spacial score (nSPS) is 14.3. The van der Waals surface area contributed by atoms with E-state index in [2.05, 4.69) is 4.90 Å². The van der Waals surface area contributed by atoms with Crippen LogP contribution >= 0.6 is 11.3 Å². The van der Waals surface area contributed by atoms with Crippen molar-refractivity contribution in [3.05, 3.63) is 77.7 Å². The van der Waals surface area contributed by atoms with Gasteiger partial charge in [0, 0.05) is 43.3 Å². The lowest BCUT2D eigenvalue weighted by Gasteiger charge is -2.36. The van der Waals surface area contributed by atoms with Gasteiger partial charge in [0.25, 0.3) is 5.91 Å². The zero-order valence-electron chi connectivity index (χ0n) is 16.4. The van der Waals surface area contributed by atoms with E-state index in [9.17, 15) is 9.90 Å². The van der Waals surface area contributed by atoms with Gasteiger partial charge in [0.05, 0.1) is 21.7 Å². The number of amides is 1. The van der Waals surface area contributed by atoms with E-state index in [1.807, 2.05) is 64.9 Å². The quantitative estimate of drug-likeness (QED) is 0.530. The summed E-state index contributed by atoms with van der Waals surface area (Å²) in [4.78, 5) is 23.4. The predicted octanol–water partition coefficient (Wildman–Crippen LogP) is 4.63. The number of fused-ring (bicyclic) bond motifs is 1. The number of hydrogen-bond acceptors (Lipinski definition) is 5. The molecule has 150 valence electrons. The Kier molecular flexibility index (Phi) is 4.85. The number of rotatable bonds is 3. The molecule has 1 aliphatic rings. The minimum absolute atomic E-state index is 0.0435. The molecule has 0 radical (unpaired) electrons. The van der Waals surface area contributed by atoms with Crippen LogP contribution in [0.4, 0.5) is 5.69 Å². The van der Waals surface area contributed by atoms with Gasteiger partial charge in [0.2, 0.25) is 0 Å². The second kappa shape index (κ2) is 7.80. The number of aromatic nitrogens is 1. The Morgan fingerprint density at radius 1 is 0.933 bits per heavy atom. The van der Waals surface area contributed by atoms with Gasteiger partial charge < -0.3 is 14.9 Å². The highest BCUT2D eigenvalue weighted by Gasteiger charge is 2.24. The minimum Gasteiger partial charge on any atom is -0.508 e. The van der Waals surface area contributed by atoms with Crippen molar-refractivity contribution in [1.29, 1.82) is 0 Å². The second-order valence-corrected chi connectivity index (χ2v) is 8.30. The molecule has 6 heteroatoms. The third-order valence-corrected chi connectivity index (χ3v) is 6.37. The number of thiophene rings is 1. The van der Waals surface area contributed by atoms with Crippen molar-refractivity contribution in [2.24, 2.45) is 0 Å². The Morgan fingerprint density at radius 2 is 1.77 bits per heavy atom. The maximum Gasteiger partial charge on any atom is 0.254 e. The van der Waals surface area contributed by atoms with Crippen molar-refractivity contribution in [1.82, 2.24) is 9.88 Å². The molecule has 0 spiro atoms. The Labute approximate surface area is 178 Å². The monoisotopic (exact) mass is 415 g/mol. The molecule has 5 nitrogen and oxygen atoms in total. The number of pyridine rings is 1. The van der Waals surface area contributed by atoms with Gasteiger partial charge in [0.1, 0.15) is 5.75 Å². The molecule has 2 aromatic carbocycles. The number of benzene rings is 2. The molecule has 1 amide bonds. The number of para-hydroxylation sites is 1. The third-order valence-electron chi connectivity index (χ3n) is 5.48. The van der Waals surface area contributed by atoms with Crippen LogP contribution in [0.5, 0.6) is 5.75 Å². The fourth-order valence-corrected chi connectivity index (χ4v) is 4.62. The molecule has 1 fully saturated rings. The lowest BCUT2D eigenvalue weighted by molar-refractivity contribution is 0.0748. The molecule has 1 aliphatic heterocycles. The number of hydrogen-bond donors (Lipinski definition) is 1. The van der Waals surface area contributed by atoms with E-state index in [1.165, 1.54) is 0 Å². The summed E-state index contributed by atoms with van der Waals surface area (Å²) >= 11 is 1.63. The van der Waals surface area contributed by atoms with Crippen LogP contribution in [0.25, 0.3) is 21.5 Å². The maximum absolute atomic E-state index is 13.5. The summed E-state index contributed by atoms with van der Waals surface area (Å²) in [6, 6.07) is 21.1. The molecule has 5 rings (SSSR count). The van der Waals surface area contributed by atoms with Gasteiger partial charge in [-0.25, -0.2) is 4.98 Å². The van der Waals surface area contributed by atoms with Gasteiger partial charge in [0.15, 0.2) is 0 Å². The van der Waals surface area contributed by atoms with Crippen LogP contribution in [-0.4, -0.2) is 47.1 Å².